The van der Waals surface area contributed by atoms with Crippen LogP contribution in [0.2, 0.25) is 0 Å². The molecule has 0 unspecified atom stereocenters. The van der Waals surface area contributed by atoms with E-state index in [4.69, 9.17) is 13.9 Å². The largest absolute Gasteiger partial charge is 0.491 e. The van der Waals surface area contributed by atoms with E-state index in [9.17, 15) is 4.79 Å². The fourth-order valence-electron chi connectivity index (χ4n) is 1.33. The highest BCUT2D eigenvalue weighted by Gasteiger charge is 2.18. The van der Waals surface area contributed by atoms with Gasteiger partial charge in [0, 0.05) is 6.20 Å². The normalized spacial score (nSPS) is 10.3. The highest BCUT2D eigenvalue weighted by Crippen LogP contribution is 2.32. The van der Waals surface area contributed by atoms with Crippen molar-refractivity contribution in [1.29, 1.82) is 0 Å². The Balaban J connectivity index is 2.12. The molecule has 20 heavy (non-hydrogen) atoms. The molecule has 106 valence electrons. The Morgan fingerprint density at radius 3 is 2.95 bits per heavy atom. The maximum absolute atomic E-state index is 11.4. The van der Waals surface area contributed by atoms with Crippen molar-refractivity contribution in [3.05, 3.63) is 24.2 Å². The summed E-state index contributed by atoms with van der Waals surface area (Å²) < 4.78 is 15.4. The van der Waals surface area contributed by atoms with Gasteiger partial charge in [-0.2, -0.15) is 0 Å². The number of carbonyl (C=O) groups is 1. The number of aromatic nitrogens is 3. The molecule has 0 spiro atoms. The third-order valence-corrected chi connectivity index (χ3v) is 2.92. The number of ether oxygens (including phenoxy) is 2. The summed E-state index contributed by atoms with van der Waals surface area (Å²) in [6, 6.07) is 3.56. The minimum absolute atomic E-state index is 0.178. The van der Waals surface area contributed by atoms with Crippen molar-refractivity contribution >= 4 is 17.7 Å². The summed E-state index contributed by atoms with van der Waals surface area (Å²) in [6.07, 6.45) is 1.63. The SMILES string of the molecule is CCOC(=O)c1nnc(Sc2ncccc2OCC)o1. The zero-order chi connectivity index (χ0) is 14.4. The van der Waals surface area contributed by atoms with E-state index in [0.717, 1.165) is 11.8 Å². The maximum atomic E-state index is 11.4. The first-order valence-electron chi connectivity index (χ1n) is 6.00. The molecule has 0 bridgehead atoms. The van der Waals surface area contributed by atoms with Crippen LogP contribution < -0.4 is 4.74 Å². The minimum Gasteiger partial charge on any atom is -0.491 e. The van der Waals surface area contributed by atoms with E-state index >= 15 is 0 Å². The van der Waals surface area contributed by atoms with E-state index in [2.05, 4.69) is 15.2 Å². The topological polar surface area (TPSA) is 87.3 Å². The van der Waals surface area contributed by atoms with Crippen molar-refractivity contribution in [2.45, 2.75) is 24.1 Å². The van der Waals surface area contributed by atoms with Crippen LogP contribution in [0.1, 0.15) is 24.5 Å². The van der Waals surface area contributed by atoms with Crippen LogP contribution in [0.5, 0.6) is 5.75 Å². The number of nitrogens with zero attached hydrogens (tertiary/aromatic N) is 3. The van der Waals surface area contributed by atoms with Gasteiger partial charge in [-0.15, -0.1) is 5.10 Å². The minimum atomic E-state index is -0.641. The first-order valence-corrected chi connectivity index (χ1v) is 6.82. The smallest absolute Gasteiger partial charge is 0.396 e. The highest BCUT2D eigenvalue weighted by atomic mass is 32.2. The van der Waals surface area contributed by atoms with Gasteiger partial charge < -0.3 is 13.9 Å². The Morgan fingerprint density at radius 2 is 2.20 bits per heavy atom. The second-order valence-electron chi connectivity index (χ2n) is 3.44. The third-order valence-electron chi connectivity index (χ3n) is 2.08. The number of rotatable bonds is 6. The summed E-state index contributed by atoms with van der Waals surface area (Å²) in [6.45, 7) is 4.36. The molecule has 7 nitrogen and oxygen atoms in total. The highest BCUT2D eigenvalue weighted by molar-refractivity contribution is 7.99. The van der Waals surface area contributed by atoms with Crippen LogP contribution in [0, 0.1) is 0 Å². The van der Waals surface area contributed by atoms with Gasteiger partial charge in [0.25, 0.3) is 5.22 Å². The Bertz CT molecular complexity index is 588. The molecular weight excluding hydrogens is 282 g/mol. The van der Waals surface area contributed by atoms with Crippen LogP contribution in [-0.4, -0.2) is 34.4 Å². The quantitative estimate of drug-likeness (QED) is 0.749. The molecule has 0 N–H and O–H groups in total. The number of hydrogen-bond acceptors (Lipinski definition) is 8. The van der Waals surface area contributed by atoms with Gasteiger partial charge in [0.15, 0.2) is 5.75 Å². The number of pyridine rings is 1. The van der Waals surface area contributed by atoms with E-state index in [-0.39, 0.29) is 17.7 Å². The summed E-state index contributed by atoms with van der Waals surface area (Å²) in [4.78, 5) is 15.6. The van der Waals surface area contributed by atoms with Gasteiger partial charge in [-0.05, 0) is 37.7 Å². The third kappa shape index (κ3) is 3.47. The Kier molecular flexibility index (Phi) is 4.94. The molecule has 0 amide bonds. The fourth-order valence-corrected chi connectivity index (χ4v) is 2.04. The maximum Gasteiger partial charge on any atom is 0.396 e. The first kappa shape index (κ1) is 14.3. The van der Waals surface area contributed by atoms with Crippen LogP contribution in [0.25, 0.3) is 0 Å². The van der Waals surface area contributed by atoms with Crippen LogP contribution >= 0.6 is 11.8 Å². The van der Waals surface area contributed by atoms with Gasteiger partial charge >= 0.3 is 11.9 Å². The molecule has 8 heteroatoms. The molecule has 0 atom stereocenters. The molecule has 2 rings (SSSR count). The van der Waals surface area contributed by atoms with Crippen molar-refractivity contribution in [3.8, 4) is 5.75 Å². The Morgan fingerprint density at radius 1 is 1.35 bits per heavy atom. The second-order valence-corrected chi connectivity index (χ2v) is 4.38. The fraction of sp³-hybridized carbons (Fsp3) is 0.333. The summed E-state index contributed by atoms with van der Waals surface area (Å²) in [5.74, 6) is -0.197. The van der Waals surface area contributed by atoms with Gasteiger partial charge in [0.1, 0.15) is 5.03 Å². The van der Waals surface area contributed by atoms with E-state index in [0.29, 0.717) is 17.4 Å². The zero-order valence-corrected chi connectivity index (χ0v) is 11.8. The predicted octanol–water partition coefficient (Wildman–Crippen LogP) is 2.19. The van der Waals surface area contributed by atoms with Crippen molar-refractivity contribution in [2.24, 2.45) is 0 Å². The lowest BCUT2D eigenvalue weighted by Gasteiger charge is -2.05. The van der Waals surface area contributed by atoms with E-state index in [1.54, 1.807) is 25.3 Å². The summed E-state index contributed by atoms with van der Waals surface area (Å²) in [5, 5.41) is 8.18. The molecule has 0 aliphatic rings. The zero-order valence-electron chi connectivity index (χ0n) is 11.0. The molecule has 0 aromatic carbocycles. The molecule has 0 radical (unpaired) electrons. The van der Waals surface area contributed by atoms with E-state index < -0.39 is 5.97 Å². The Hall–Kier alpha value is -2.09. The van der Waals surface area contributed by atoms with E-state index in [1.165, 1.54) is 0 Å². The number of hydrogen-bond donors (Lipinski definition) is 0. The number of esters is 1. The van der Waals surface area contributed by atoms with Crippen molar-refractivity contribution in [1.82, 2.24) is 15.2 Å². The van der Waals surface area contributed by atoms with Gasteiger partial charge in [-0.3, -0.25) is 0 Å². The molecule has 0 aliphatic carbocycles. The molecule has 0 saturated heterocycles. The van der Waals surface area contributed by atoms with E-state index in [1.807, 2.05) is 6.92 Å². The molecule has 0 aliphatic heterocycles. The van der Waals surface area contributed by atoms with Crippen LogP contribution in [0.3, 0.4) is 0 Å². The molecule has 2 aromatic rings. The lowest BCUT2D eigenvalue weighted by Crippen LogP contribution is -2.04. The first-order chi connectivity index (χ1) is 9.74. The lowest BCUT2D eigenvalue weighted by atomic mass is 10.5. The van der Waals surface area contributed by atoms with Gasteiger partial charge in [0.2, 0.25) is 0 Å². The van der Waals surface area contributed by atoms with Crippen molar-refractivity contribution in [3.63, 3.8) is 0 Å². The van der Waals surface area contributed by atoms with Crippen LogP contribution in [0.4, 0.5) is 0 Å². The monoisotopic (exact) mass is 295 g/mol. The average Bonchev–Trinajstić information content (AvgIpc) is 2.90. The molecule has 2 aromatic heterocycles. The predicted molar refractivity (Wildman–Crippen MR) is 69.8 cm³/mol. The molecule has 0 saturated carbocycles. The Labute approximate surface area is 119 Å². The van der Waals surface area contributed by atoms with Gasteiger partial charge in [-0.25, -0.2) is 9.78 Å². The summed E-state index contributed by atoms with van der Waals surface area (Å²) in [7, 11) is 0. The molecular formula is C12H13N3O4S. The second kappa shape index (κ2) is 6.90. The van der Waals surface area contributed by atoms with Crippen LogP contribution in [0.15, 0.2) is 33.0 Å². The molecule has 0 fully saturated rings. The molecule has 2 heterocycles. The number of carbonyl (C=O) groups excluding carboxylic acids is 1. The lowest BCUT2D eigenvalue weighted by molar-refractivity contribution is 0.0475. The van der Waals surface area contributed by atoms with Crippen molar-refractivity contribution in [2.75, 3.05) is 13.2 Å². The van der Waals surface area contributed by atoms with Gasteiger partial charge in [0.05, 0.1) is 13.2 Å². The van der Waals surface area contributed by atoms with Crippen molar-refractivity contribution < 1.29 is 18.7 Å². The van der Waals surface area contributed by atoms with Crippen LogP contribution in [-0.2, 0) is 4.74 Å². The van der Waals surface area contributed by atoms with Gasteiger partial charge in [-0.1, -0.05) is 5.10 Å². The summed E-state index contributed by atoms with van der Waals surface area (Å²) >= 11 is 1.13. The average molecular weight is 295 g/mol. The standard InChI is InChI=1S/C12H13N3O4S/c1-3-17-8-6-5-7-13-10(8)20-12-15-14-9(19-12)11(16)18-4-2/h5-7H,3-4H2,1-2H3. The summed E-state index contributed by atoms with van der Waals surface area (Å²) in [5.41, 5.74) is 0.